The summed E-state index contributed by atoms with van der Waals surface area (Å²) >= 11 is 4.28. The maximum Gasteiger partial charge on any atom is 0.255 e. The molecule has 2 aliphatic rings. The van der Waals surface area contributed by atoms with E-state index in [0.29, 0.717) is 6.04 Å². The Hall–Kier alpha value is -0.270. The summed E-state index contributed by atoms with van der Waals surface area (Å²) in [6.07, 6.45) is 3.73. The zero-order chi connectivity index (χ0) is 15.4. The normalized spacial score (nSPS) is 23.5. The van der Waals surface area contributed by atoms with E-state index in [9.17, 15) is 4.79 Å². The van der Waals surface area contributed by atoms with Crippen LogP contribution in [-0.2, 0) is 0 Å². The van der Waals surface area contributed by atoms with Crippen molar-refractivity contribution >= 4 is 40.3 Å². The van der Waals surface area contributed by atoms with Crippen LogP contribution in [0.1, 0.15) is 29.6 Å². The van der Waals surface area contributed by atoms with Crippen molar-refractivity contribution in [1.82, 2.24) is 9.80 Å². The van der Waals surface area contributed by atoms with Crippen LogP contribution in [0.25, 0.3) is 0 Å². The molecule has 2 saturated heterocycles. The van der Waals surface area contributed by atoms with Gasteiger partial charge in [0.2, 0.25) is 0 Å². The molecule has 2 aliphatic heterocycles. The molecule has 2 heterocycles. The van der Waals surface area contributed by atoms with Gasteiger partial charge in [0.05, 0.1) is 11.6 Å². The molecule has 120 valence electrons. The molecule has 3 nitrogen and oxygen atoms in total. The van der Waals surface area contributed by atoms with E-state index >= 15 is 0 Å². The molecule has 5 heteroatoms. The summed E-state index contributed by atoms with van der Waals surface area (Å²) in [7, 11) is 0. The van der Waals surface area contributed by atoms with Gasteiger partial charge < -0.3 is 9.80 Å². The first-order valence-electron chi connectivity index (χ1n) is 8.11. The van der Waals surface area contributed by atoms with Crippen LogP contribution in [-0.4, -0.2) is 59.4 Å². The van der Waals surface area contributed by atoms with Gasteiger partial charge in [-0.15, -0.1) is 0 Å². The zero-order valence-electron chi connectivity index (χ0n) is 12.8. The lowest BCUT2D eigenvalue weighted by Gasteiger charge is -2.33. The molecule has 0 aliphatic carbocycles. The van der Waals surface area contributed by atoms with E-state index in [0.717, 1.165) is 34.4 Å². The quantitative estimate of drug-likeness (QED) is 0.688. The van der Waals surface area contributed by atoms with Gasteiger partial charge in [0.15, 0.2) is 0 Å². The molecular formula is C17H23IN2OS. The number of likely N-dealkylation sites (tertiary alicyclic amines) is 1. The Morgan fingerprint density at radius 3 is 2.73 bits per heavy atom. The van der Waals surface area contributed by atoms with Gasteiger partial charge in [0.25, 0.3) is 5.91 Å². The lowest BCUT2D eigenvalue weighted by molar-refractivity contribution is 0.0665. The lowest BCUT2D eigenvalue weighted by Crippen LogP contribution is -2.47. The molecule has 0 aromatic heterocycles. The first-order chi connectivity index (χ1) is 10.8. The lowest BCUT2D eigenvalue weighted by atomic mass is 10.1. The average Bonchev–Trinajstić information content (AvgIpc) is 2.92. The second kappa shape index (κ2) is 8.02. The SMILES string of the molecule is O=C(c1ccccc1I)N1CCCSCC1CN1CCCC1. The molecule has 1 aromatic carbocycles. The first kappa shape index (κ1) is 16.6. The van der Waals surface area contributed by atoms with Crippen LogP contribution in [0.15, 0.2) is 24.3 Å². The summed E-state index contributed by atoms with van der Waals surface area (Å²) in [6.45, 7) is 4.34. The number of rotatable bonds is 3. The van der Waals surface area contributed by atoms with Crippen LogP contribution < -0.4 is 0 Å². The molecule has 0 spiro atoms. The number of thioether (sulfide) groups is 1. The number of amides is 1. The maximum atomic E-state index is 13.1. The van der Waals surface area contributed by atoms with Crippen molar-refractivity contribution in [3.63, 3.8) is 0 Å². The number of carbonyl (C=O) groups is 1. The van der Waals surface area contributed by atoms with Crippen LogP contribution in [0.3, 0.4) is 0 Å². The third kappa shape index (κ3) is 3.97. The molecule has 0 radical (unpaired) electrons. The predicted molar refractivity (Wildman–Crippen MR) is 102 cm³/mol. The van der Waals surface area contributed by atoms with Crippen molar-refractivity contribution in [1.29, 1.82) is 0 Å². The van der Waals surface area contributed by atoms with Crippen molar-refractivity contribution in [2.24, 2.45) is 0 Å². The molecule has 3 rings (SSSR count). The van der Waals surface area contributed by atoms with Gasteiger partial charge in [-0.05, 0) is 72.8 Å². The van der Waals surface area contributed by atoms with Crippen LogP contribution in [0.5, 0.6) is 0 Å². The third-order valence-corrected chi connectivity index (χ3v) is 6.61. The predicted octanol–water partition coefficient (Wildman–Crippen LogP) is 3.33. The van der Waals surface area contributed by atoms with E-state index in [-0.39, 0.29) is 5.91 Å². The molecule has 1 atom stereocenters. The fourth-order valence-electron chi connectivity index (χ4n) is 3.30. The van der Waals surface area contributed by atoms with Crippen molar-refractivity contribution in [3.8, 4) is 0 Å². The topological polar surface area (TPSA) is 23.6 Å². The molecule has 2 fully saturated rings. The number of hydrogen-bond acceptors (Lipinski definition) is 3. The Morgan fingerprint density at radius 1 is 1.18 bits per heavy atom. The highest BCUT2D eigenvalue weighted by Gasteiger charge is 2.29. The van der Waals surface area contributed by atoms with Crippen LogP contribution in [0.2, 0.25) is 0 Å². The number of hydrogen-bond donors (Lipinski definition) is 0. The Bertz CT molecular complexity index is 519. The summed E-state index contributed by atoms with van der Waals surface area (Å²) in [5, 5.41) is 0. The number of nitrogens with zero attached hydrogens (tertiary/aromatic N) is 2. The summed E-state index contributed by atoms with van der Waals surface area (Å²) in [6, 6.07) is 8.31. The largest absolute Gasteiger partial charge is 0.333 e. The van der Waals surface area contributed by atoms with E-state index in [2.05, 4.69) is 32.4 Å². The minimum Gasteiger partial charge on any atom is -0.333 e. The summed E-state index contributed by atoms with van der Waals surface area (Å²) in [5.41, 5.74) is 0.862. The van der Waals surface area contributed by atoms with Crippen LogP contribution in [0, 0.1) is 3.57 Å². The molecule has 0 saturated carbocycles. The minimum atomic E-state index is 0.219. The molecule has 1 aromatic rings. The van der Waals surface area contributed by atoms with Gasteiger partial charge in [-0.2, -0.15) is 11.8 Å². The monoisotopic (exact) mass is 430 g/mol. The van der Waals surface area contributed by atoms with Gasteiger partial charge in [-0.25, -0.2) is 0 Å². The van der Waals surface area contributed by atoms with E-state index in [1.165, 1.54) is 31.7 Å². The minimum absolute atomic E-state index is 0.219. The molecule has 0 N–H and O–H groups in total. The number of halogens is 1. The summed E-state index contributed by atoms with van der Waals surface area (Å²) < 4.78 is 1.06. The van der Waals surface area contributed by atoms with Crippen LogP contribution in [0.4, 0.5) is 0 Å². The van der Waals surface area contributed by atoms with Crippen molar-refractivity contribution < 1.29 is 4.79 Å². The number of carbonyl (C=O) groups excluding carboxylic acids is 1. The van der Waals surface area contributed by atoms with Crippen LogP contribution >= 0.6 is 34.4 Å². The Balaban J connectivity index is 1.77. The molecule has 22 heavy (non-hydrogen) atoms. The molecule has 1 unspecified atom stereocenters. The van der Waals surface area contributed by atoms with Crippen molar-refractivity contribution in [2.45, 2.75) is 25.3 Å². The summed E-state index contributed by atoms with van der Waals surface area (Å²) in [5.74, 6) is 2.47. The van der Waals surface area contributed by atoms with Crippen molar-refractivity contribution in [3.05, 3.63) is 33.4 Å². The van der Waals surface area contributed by atoms with E-state index in [1.54, 1.807) is 0 Å². The fourth-order valence-corrected chi connectivity index (χ4v) is 4.98. The molecule has 0 bridgehead atoms. The summed E-state index contributed by atoms with van der Waals surface area (Å²) in [4.78, 5) is 17.7. The maximum absolute atomic E-state index is 13.1. The highest BCUT2D eigenvalue weighted by molar-refractivity contribution is 14.1. The fraction of sp³-hybridized carbons (Fsp3) is 0.588. The smallest absolute Gasteiger partial charge is 0.255 e. The van der Waals surface area contributed by atoms with Gasteiger partial charge in [-0.3, -0.25) is 4.79 Å². The second-order valence-electron chi connectivity index (χ2n) is 6.07. The van der Waals surface area contributed by atoms with Gasteiger partial charge >= 0.3 is 0 Å². The molecule has 1 amide bonds. The van der Waals surface area contributed by atoms with Crippen molar-refractivity contribution in [2.75, 3.05) is 37.7 Å². The average molecular weight is 430 g/mol. The van der Waals surface area contributed by atoms with E-state index < -0.39 is 0 Å². The Kier molecular flexibility index (Phi) is 6.04. The highest BCUT2D eigenvalue weighted by atomic mass is 127. The zero-order valence-corrected chi connectivity index (χ0v) is 15.8. The number of benzene rings is 1. The standard InChI is InChI=1S/C17H23IN2OS/c18-16-7-2-1-6-15(16)17(21)20-10-5-11-22-13-14(20)12-19-8-3-4-9-19/h1-2,6-7,14H,3-5,8-13H2. The molecular weight excluding hydrogens is 407 g/mol. The highest BCUT2D eigenvalue weighted by Crippen LogP contribution is 2.23. The Labute approximate surface area is 151 Å². The van der Waals surface area contributed by atoms with E-state index in [1.807, 2.05) is 36.0 Å². The Morgan fingerprint density at radius 2 is 1.95 bits per heavy atom. The van der Waals surface area contributed by atoms with E-state index in [4.69, 9.17) is 0 Å². The van der Waals surface area contributed by atoms with Gasteiger partial charge in [0, 0.05) is 22.4 Å². The second-order valence-corrected chi connectivity index (χ2v) is 8.38. The third-order valence-electron chi connectivity index (χ3n) is 4.47. The first-order valence-corrected chi connectivity index (χ1v) is 10.3. The van der Waals surface area contributed by atoms with Gasteiger partial charge in [0.1, 0.15) is 0 Å². The van der Waals surface area contributed by atoms with Gasteiger partial charge in [-0.1, -0.05) is 12.1 Å².